The Morgan fingerprint density at radius 2 is 0.618 bits per heavy atom. The van der Waals surface area contributed by atoms with Gasteiger partial charge in [0.25, 0.3) is 0 Å². The Labute approximate surface area is 445 Å². The van der Waals surface area contributed by atoms with Crippen LogP contribution in [0.2, 0.25) is 0 Å². The van der Waals surface area contributed by atoms with Crippen molar-refractivity contribution in [3.8, 4) is 22.5 Å². The lowest BCUT2D eigenvalue weighted by Gasteiger charge is -2.42. The highest BCUT2D eigenvalue weighted by atomic mass is 32.3. The zero-order chi connectivity index (χ0) is 50.5. The molecule has 0 unspecified atom stereocenters. The van der Waals surface area contributed by atoms with Crippen molar-refractivity contribution >= 4 is 53.6 Å². The molecule has 0 fully saturated rings. The van der Waals surface area contributed by atoms with Crippen LogP contribution in [0.15, 0.2) is 335 Å². The molecule has 0 radical (unpaired) electrons. The summed E-state index contributed by atoms with van der Waals surface area (Å²) >= 11 is 0. The van der Waals surface area contributed by atoms with Crippen molar-refractivity contribution in [3.63, 3.8) is 0 Å². The van der Waals surface area contributed by atoms with E-state index < -0.39 is 15.4 Å². The standard InChI is InChI=1S/C73H52N2S/c1-7-27-55(28-8-1)73(56-29-9-2-10-30-56,57-31-11-3-12-32-57)58-33-23-25-53(49-58)54-26-24-34-59(50-54)74-70-44-22-20-42-66(70)68-51-60(45-48-71(68)74)75-69-43-21-19-41-65(69)67-47-46-64(52-72(67)75)76(61-35-13-4-14-36-61,62-37-15-5-16-38-62)63-39-17-6-18-40-63/h1-52H. The molecule has 0 saturated carbocycles. The highest BCUT2D eigenvalue weighted by Crippen LogP contribution is 2.73. The Morgan fingerprint density at radius 1 is 0.224 bits per heavy atom. The van der Waals surface area contributed by atoms with Crippen molar-refractivity contribution in [1.29, 1.82) is 0 Å². The lowest BCUT2D eigenvalue weighted by atomic mass is 9.65. The van der Waals surface area contributed by atoms with Gasteiger partial charge in [-0.2, -0.15) is 0 Å². The van der Waals surface area contributed by atoms with E-state index in [0.717, 1.165) is 28.0 Å². The zero-order valence-electron chi connectivity index (χ0n) is 41.8. The summed E-state index contributed by atoms with van der Waals surface area (Å²) in [7, 11) is -1.92. The summed E-state index contributed by atoms with van der Waals surface area (Å²) in [4.78, 5) is 5.21. The van der Waals surface area contributed by atoms with Gasteiger partial charge in [0.05, 0.1) is 27.5 Å². The van der Waals surface area contributed by atoms with Gasteiger partial charge in [0, 0.05) is 52.5 Å². The molecule has 3 heteroatoms. The average molecular weight is 989 g/mol. The van der Waals surface area contributed by atoms with E-state index in [1.807, 2.05) is 0 Å². The first kappa shape index (κ1) is 45.2. The first-order valence-corrected chi connectivity index (χ1v) is 27.8. The number of hydrogen-bond acceptors (Lipinski definition) is 0. The number of para-hydroxylation sites is 2. The molecular weight excluding hydrogens is 937 g/mol. The van der Waals surface area contributed by atoms with Crippen molar-refractivity contribution in [2.45, 2.75) is 25.0 Å². The maximum absolute atomic E-state index is 2.50. The molecule has 0 amide bonds. The topological polar surface area (TPSA) is 9.86 Å². The second-order valence-corrected chi connectivity index (χ2v) is 22.7. The quantitative estimate of drug-likeness (QED) is 0.114. The largest absolute Gasteiger partial charge is 0.309 e. The van der Waals surface area contributed by atoms with E-state index in [4.69, 9.17) is 0 Å². The second kappa shape index (κ2) is 18.8. The third kappa shape index (κ3) is 7.19. The Morgan fingerprint density at radius 3 is 1.16 bits per heavy atom. The van der Waals surface area contributed by atoms with Gasteiger partial charge in [-0.15, -0.1) is 10.0 Å². The van der Waals surface area contributed by atoms with Crippen molar-refractivity contribution in [1.82, 2.24) is 9.13 Å². The van der Waals surface area contributed by atoms with E-state index >= 15 is 0 Å². The molecule has 0 aliphatic carbocycles. The van der Waals surface area contributed by atoms with Crippen LogP contribution in [-0.2, 0) is 5.41 Å². The maximum atomic E-state index is 2.50. The van der Waals surface area contributed by atoms with Crippen LogP contribution in [0.1, 0.15) is 22.3 Å². The molecule has 0 bridgehead atoms. The first-order valence-electron chi connectivity index (χ1n) is 26.1. The average Bonchev–Trinajstić information content (AvgIpc) is 4.03. The van der Waals surface area contributed by atoms with Gasteiger partial charge in [-0.25, -0.2) is 0 Å². The maximum Gasteiger partial charge on any atom is 0.0701 e. The zero-order valence-corrected chi connectivity index (χ0v) is 42.6. The molecule has 0 N–H and O–H groups in total. The number of benzene rings is 12. The van der Waals surface area contributed by atoms with E-state index in [-0.39, 0.29) is 0 Å². The molecule has 12 aromatic carbocycles. The highest BCUT2D eigenvalue weighted by molar-refractivity contribution is 8.34. The fraction of sp³-hybridized carbons (Fsp3) is 0.0137. The minimum Gasteiger partial charge on any atom is -0.309 e. The summed E-state index contributed by atoms with van der Waals surface area (Å²) in [5.74, 6) is 0. The summed E-state index contributed by atoms with van der Waals surface area (Å²) in [6.07, 6.45) is 0. The van der Waals surface area contributed by atoms with Gasteiger partial charge in [0.2, 0.25) is 0 Å². The van der Waals surface area contributed by atoms with E-state index in [9.17, 15) is 0 Å². The Bertz CT molecular complexity index is 4180. The monoisotopic (exact) mass is 988 g/mol. The van der Waals surface area contributed by atoms with Crippen molar-refractivity contribution in [2.24, 2.45) is 0 Å². The number of fused-ring (bicyclic) bond motifs is 6. The molecule has 2 heterocycles. The fourth-order valence-corrected chi connectivity index (χ4v) is 16.2. The molecule has 0 saturated heterocycles. The van der Waals surface area contributed by atoms with Crippen molar-refractivity contribution in [2.75, 3.05) is 0 Å². The van der Waals surface area contributed by atoms with Gasteiger partial charge < -0.3 is 9.13 Å². The third-order valence-electron chi connectivity index (χ3n) is 15.6. The summed E-state index contributed by atoms with van der Waals surface area (Å²) < 4.78 is 4.95. The molecule has 0 aliphatic rings. The second-order valence-electron chi connectivity index (χ2n) is 19.6. The van der Waals surface area contributed by atoms with Gasteiger partial charge in [0.1, 0.15) is 0 Å². The summed E-state index contributed by atoms with van der Waals surface area (Å²) in [5.41, 5.74) is 13.6. The van der Waals surface area contributed by atoms with Gasteiger partial charge in [-0.3, -0.25) is 0 Å². The molecule has 14 rings (SSSR count). The first-order chi connectivity index (χ1) is 37.7. The van der Waals surface area contributed by atoms with Gasteiger partial charge in [0.15, 0.2) is 0 Å². The van der Waals surface area contributed by atoms with Crippen LogP contribution in [0.3, 0.4) is 0 Å². The van der Waals surface area contributed by atoms with E-state index in [0.29, 0.717) is 0 Å². The summed E-state index contributed by atoms with van der Waals surface area (Å²) in [6.45, 7) is 0. The molecule has 14 aromatic rings. The van der Waals surface area contributed by atoms with Crippen molar-refractivity contribution < 1.29 is 0 Å². The molecule has 2 aromatic heterocycles. The lowest BCUT2D eigenvalue weighted by Crippen LogP contribution is -2.31. The molecule has 0 aliphatic heterocycles. The number of aromatic nitrogens is 2. The van der Waals surface area contributed by atoms with Crippen LogP contribution < -0.4 is 0 Å². The van der Waals surface area contributed by atoms with Crippen LogP contribution >= 0.6 is 10.0 Å². The minimum absolute atomic E-state index is 0.546. The fourth-order valence-electron chi connectivity index (χ4n) is 12.3. The Kier molecular flexibility index (Phi) is 11.2. The van der Waals surface area contributed by atoms with E-state index in [2.05, 4.69) is 325 Å². The minimum atomic E-state index is -1.92. The summed E-state index contributed by atoms with van der Waals surface area (Å²) in [5, 5.41) is 4.89. The lowest BCUT2D eigenvalue weighted by molar-refractivity contribution is 0.745. The SMILES string of the molecule is c1ccc(C(c2ccccc2)(c2ccccc2)c2cccc(-c3cccc(-n4c5ccccc5c5cc(-n6c7ccccc7c7ccc(S(c8ccccc8)(c8ccccc8)c8ccccc8)cc76)ccc54)c3)c2)cc1. The van der Waals surface area contributed by atoms with Gasteiger partial charge >= 0.3 is 0 Å². The Hall–Kier alpha value is -9.41. The predicted octanol–water partition coefficient (Wildman–Crippen LogP) is 19.3. The van der Waals surface area contributed by atoms with Crippen molar-refractivity contribution in [3.05, 3.63) is 338 Å². The van der Waals surface area contributed by atoms with Crippen LogP contribution in [0, 0.1) is 0 Å². The van der Waals surface area contributed by atoms with E-state index in [1.165, 1.54) is 79.9 Å². The molecule has 360 valence electrons. The van der Waals surface area contributed by atoms with Gasteiger partial charge in [-0.05, 0) is 130 Å². The highest BCUT2D eigenvalue weighted by Gasteiger charge is 2.39. The number of nitrogens with zero attached hydrogens (tertiary/aromatic N) is 2. The Balaban J connectivity index is 0.937. The predicted molar refractivity (Wildman–Crippen MR) is 319 cm³/mol. The molecule has 0 atom stereocenters. The van der Waals surface area contributed by atoms with E-state index in [1.54, 1.807) is 0 Å². The van der Waals surface area contributed by atoms with Crippen LogP contribution in [0.4, 0.5) is 0 Å². The number of rotatable bonds is 11. The molecule has 0 spiro atoms. The number of hydrogen-bond donors (Lipinski definition) is 0. The van der Waals surface area contributed by atoms with Gasteiger partial charge in [-0.1, -0.05) is 218 Å². The van der Waals surface area contributed by atoms with Crippen LogP contribution in [-0.4, -0.2) is 9.13 Å². The van der Waals surface area contributed by atoms with Crippen LogP contribution in [0.25, 0.3) is 66.1 Å². The molecule has 2 nitrogen and oxygen atoms in total. The smallest absolute Gasteiger partial charge is 0.0701 e. The normalized spacial score (nSPS) is 12.2. The molecule has 76 heavy (non-hydrogen) atoms. The van der Waals surface area contributed by atoms with Crippen LogP contribution in [0.5, 0.6) is 0 Å². The molecular formula is C73H52N2S. The summed E-state index contributed by atoms with van der Waals surface area (Å²) in [6, 6.07) is 117. The third-order valence-corrected chi connectivity index (χ3v) is 19.5.